The largest absolute Gasteiger partial charge is 0.373 e. The molecule has 3 rings (SSSR count). The molecule has 0 aliphatic heterocycles. The summed E-state index contributed by atoms with van der Waals surface area (Å²) in [5.74, 6) is 0. The maximum atomic E-state index is 6.07. The van der Waals surface area contributed by atoms with Crippen molar-refractivity contribution in [2.75, 3.05) is 11.9 Å². The van der Waals surface area contributed by atoms with Gasteiger partial charge in [0.25, 0.3) is 0 Å². The Kier molecular flexibility index (Phi) is 5.11. The highest BCUT2D eigenvalue weighted by molar-refractivity contribution is 7.15. The van der Waals surface area contributed by atoms with Gasteiger partial charge in [-0.1, -0.05) is 42.4 Å². The molecule has 0 spiro atoms. The summed E-state index contributed by atoms with van der Waals surface area (Å²) in [6.45, 7) is 5.16. The quantitative estimate of drug-likeness (QED) is 0.726. The molecule has 0 saturated carbocycles. The highest BCUT2D eigenvalue weighted by Crippen LogP contribution is 2.39. The molecule has 1 aromatic heterocycles. The van der Waals surface area contributed by atoms with E-state index in [-0.39, 0.29) is 6.10 Å². The molecule has 0 fully saturated rings. The van der Waals surface area contributed by atoms with Gasteiger partial charge in [-0.05, 0) is 44.7 Å². The van der Waals surface area contributed by atoms with Crippen molar-refractivity contribution >= 4 is 22.2 Å². The molecule has 1 aliphatic rings. The van der Waals surface area contributed by atoms with Crippen LogP contribution in [0.15, 0.2) is 24.3 Å². The summed E-state index contributed by atoms with van der Waals surface area (Å²) in [4.78, 5) is 6.10. The molecular formula is C18H24N2OS. The van der Waals surface area contributed by atoms with Gasteiger partial charge in [0.05, 0.1) is 16.7 Å². The Morgan fingerprint density at radius 3 is 2.91 bits per heavy atom. The van der Waals surface area contributed by atoms with Crippen molar-refractivity contribution in [1.82, 2.24) is 4.98 Å². The Morgan fingerprint density at radius 1 is 1.32 bits per heavy atom. The van der Waals surface area contributed by atoms with E-state index in [0.717, 1.165) is 36.7 Å². The topological polar surface area (TPSA) is 34.1 Å². The third-order valence-corrected chi connectivity index (χ3v) is 5.12. The molecule has 4 heteroatoms. The molecule has 0 bridgehead atoms. The van der Waals surface area contributed by atoms with Crippen LogP contribution >= 0.6 is 11.3 Å². The average molecular weight is 316 g/mol. The van der Waals surface area contributed by atoms with Crippen molar-refractivity contribution in [2.24, 2.45) is 0 Å². The summed E-state index contributed by atoms with van der Waals surface area (Å²) < 4.78 is 6.07. The van der Waals surface area contributed by atoms with E-state index in [2.05, 4.69) is 43.4 Å². The Balaban J connectivity index is 1.71. The van der Waals surface area contributed by atoms with Gasteiger partial charge in [-0.2, -0.15) is 0 Å². The lowest BCUT2D eigenvalue weighted by Gasteiger charge is -2.21. The van der Waals surface area contributed by atoms with Gasteiger partial charge in [0, 0.05) is 12.3 Å². The monoisotopic (exact) mass is 316 g/mol. The molecule has 1 aromatic carbocycles. The first-order chi connectivity index (χ1) is 10.8. The van der Waals surface area contributed by atoms with E-state index in [0.29, 0.717) is 0 Å². The fourth-order valence-electron chi connectivity index (χ4n) is 2.72. The van der Waals surface area contributed by atoms with E-state index in [1.165, 1.54) is 29.0 Å². The van der Waals surface area contributed by atoms with Crippen molar-refractivity contribution in [2.45, 2.75) is 52.1 Å². The van der Waals surface area contributed by atoms with Crippen LogP contribution < -0.4 is 5.32 Å². The summed E-state index contributed by atoms with van der Waals surface area (Å²) in [6, 6.07) is 8.44. The van der Waals surface area contributed by atoms with Crippen LogP contribution in [0.4, 0.5) is 10.8 Å². The number of unbranched alkanes of at least 4 members (excludes halogenated alkanes) is 1. The van der Waals surface area contributed by atoms with E-state index < -0.39 is 0 Å². The molecule has 0 amide bonds. The lowest BCUT2D eigenvalue weighted by molar-refractivity contribution is 0.0412. The van der Waals surface area contributed by atoms with Crippen LogP contribution in [0.3, 0.4) is 0 Å². The van der Waals surface area contributed by atoms with Gasteiger partial charge in [0.1, 0.15) is 0 Å². The number of anilines is 2. The van der Waals surface area contributed by atoms with E-state index in [9.17, 15) is 0 Å². The van der Waals surface area contributed by atoms with Crippen LogP contribution in [0, 0.1) is 6.92 Å². The van der Waals surface area contributed by atoms with Crippen molar-refractivity contribution in [1.29, 1.82) is 0 Å². The minimum Gasteiger partial charge on any atom is -0.373 e. The van der Waals surface area contributed by atoms with Crippen LogP contribution in [0.25, 0.3) is 0 Å². The highest BCUT2D eigenvalue weighted by Gasteiger charge is 2.25. The first kappa shape index (κ1) is 15.5. The number of rotatable bonds is 6. The predicted molar refractivity (Wildman–Crippen MR) is 93.1 cm³/mol. The molecular weight excluding hydrogens is 292 g/mol. The van der Waals surface area contributed by atoms with E-state index in [1.807, 2.05) is 0 Å². The third kappa shape index (κ3) is 3.68. The molecule has 0 radical (unpaired) electrons. The summed E-state index contributed by atoms with van der Waals surface area (Å²) in [5.41, 5.74) is 3.60. The maximum absolute atomic E-state index is 6.07. The Hall–Kier alpha value is -1.39. The highest BCUT2D eigenvalue weighted by atomic mass is 32.1. The van der Waals surface area contributed by atoms with Crippen molar-refractivity contribution in [3.8, 4) is 0 Å². The SMILES string of the molecule is CCCCOC1CCCc2nc(Nc3ccc(C)cc3)sc21. The zero-order valence-corrected chi connectivity index (χ0v) is 14.2. The molecule has 118 valence electrons. The minimum atomic E-state index is 0.251. The van der Waals surface area contributed by atoms with Gasteiger partial charge in [0.15, 0.2) is 5.13 Å². The number of hydrogen-bond acceptors (Lipinski definition) is 4. The van der Waals surface area contributed by atoms with Crippen molar-refractivity contribution in [3.63, 3.8) is 0 Å². The van der Waals surface area contributed by atoms with Gasteiger partial charge in [-0.25, -0.2) is 4.98 Å². The maximum Gasteiger partial charge on any atom is 0.187 e. The van der Waals surface area contributed by atoms with Gasteiger partial charge in [-0.3, -0.25) is 0 Å². The first-order valence-electron chi connectivity index (χ1n) is 8.21. The second-order valence-electron chi connectivity index (χ2n) is 5.93. The smallest absolute Gasteiger partial charge is 0.187 e. The summed E-state index contributed by atoms with van der Waals surface area (Å²) in [7, 11) is 0. The third-order valence-electron chi connectivity index (χ3n) is 4.02. The molecule has 22 heavy (non-hydrogen) atoms. The van der Waals surface area contributed by atoms with Crippen LogP contribution in [0.5, 0.6) is 0 Å². The lowest BCUT2D eigenvalue weighted by Crippen LogP contribution is -2.11. The number of ether oxygens (including phenoxy) is 1. The molecule has 3 nitrogen and oxygen atoms in total. The standard InChI is InChI=1S/C18H24N2OS/c1-3-4-12-21-16-7-5-6-15-17(16)22-18(20-15)19-14-10-8-13(2)9-11-14/h8-11,16H,3-7,12H2,1-2H3,(H,19,20). The van der Waals surface area contributed by atoms with Crippen LogP contribution in [-0.4, -0.2) is 11.6 Å². The fraction of sp³-hybridized carbons (Fsp3) is 0.500. The van der Waals surface area contributed by atoms with Crippen molar-refractivity contribution in [3.05, 3.63) is 40.4 Å². The van der Waals surface area contributed by atoms with Gasteiger partial charge in [0.2, 0.25) is 0 Å². The summed E-state index contributed by atoms with van der Waals surface area (Å²) in [6.07, 6.45) is 5.96. The summed E-state index contributed by atoms with van der Waals surface area (Å²) >= 11 is 1.75. The summed E-state index contributed by atoms with van der Waals surface area (Å²) in [5, 5.41) is 4.41. The molecule has 1 N–H and O–H groups in total. The second-order valence-corrected chi connectivity index (χ2v) is 6.96. The number of hydrogen-bond donors (Lipinski definition) is 1. The van der Waals surface area contributed by atoms with Crippen LogP contribution in [0.1, 0.15) is 54.8 Å². The van der Waals surface area contributed by atoms with E-state index in [4.69, 9.17) is 9.72 Å². The number of nitrogens with zero attached hydrogens (tertiary/aromatic N) is 1. The number of aryl methyl sites for hydroxylation is 2. The fourth-order valence-corrected chi connectivity index (χ4v) is 3.84. The molecule has 1 aliphatic carbocycles. The van der Waals surface area contributed by atoms with Crippen LogP contribution in [-0.2, 0) is 11.2 Å². The van der Waals surface area contributed by atoms with Crippen LogP contribution in [0.2, 0.25) is 0 Å². The number of aromatic nitrogens is 1. The molecule has 0 saturated heterocycles. The van der Waals surface area contributed by atoms with Crippen molar-refractivity contribution < 1.29 is 4.74 Å². The lowest BCUT2D eigenvalue weighted by atomic mass is 10.0. The zero-order chi connectivity index (χ0) is 15.4. The van der Waals surface area contributed by atoms with Gasteiger partial charge < -0.3 is 10.1 Å². The Morgan fingerprint density at radius 2 is 2.14 bits per heavy atom. The average Bonchev–Trinajstić information content (AvgIpc) is 2.93. The second kappa shape index (κ2) is 7.25. The molecule has 1 atom stereocenters. The zero-order valence-electron chi connectivity index (χ0n) is 13.4. The van der Waals surface area contributed by atoms with E-state index in [1.54, 1.807) is 11.3 Å². The molecule has 2 aromatic rings. The number of fused-ring (bicyclic) bond motifs is 1. The number of benzene rings is 1. The van der Waals surface area contributed by atoms with Gasteiger partial charge in [-0.15, -0.1) is 0 Å². The predicted octanol–water partition coefficient (Wildman–Crippen LogP) is 5.39. The number of nitrogens with one attached hydrogen (secondary N) is 1. The first-order valence-corrected chi connectivity index (χ1v) is 9.03. The minimum absolute atomic E-state index is 0.251. The normalized spacial score (nSPS) is 17.3. The van der Waals surface area contributed by atoms with Gasteiger partial charge >= 0.3 is 0 Å². The Bertz CT molecular complexity index is 606. The molecule has 1 unspecified atom stereocenters. The molecule has 1 heterocycles. The number of thiazole rings is 1. The van der Waals surface area contributed by atoms with E-state index >= 15 is 0 Å². The Labute approximate surface area is 136 Å².